The van der Waals surface area contributed by atoms with Gasteiger partial charge in [0.25, 0.3) is 0 Å². The van der Waals surface area contributed by atoms with E-state index in [0.717, 1.165) is 11.3 Å². The molecule has 0 bridgehead atoms. The monoisotopic (exact) mass is 336 g/mol. The molecule has 7 nitrogen and oxygen atoms in total. The molecule has 1 aromatic rings. The number of aliphatic carboxylic acids is 1. The topological polar surface area (TPSA) is 79.3 Å². The molecule has 1 aromatic carbocycles. The van der Waals surface area contributed by atoms with Crippen LogP contribution in [0.5, 0.6) is 11.5 Å². The Balaban J connectivity index is 2.10. The van der Waals surface area contributed by atoms with E-state index in [1.54, 1.807) is 7.11 Å². The number of amides is 1. The smallest absolute Gasteiger partial charge is 0.323 e. The van der Waals surface area contributed by atoms with Crippen LogP contribution in [0.1, 0.15) is 5.56 Å². The highest BCUT2D eigenvalue weighted by atomic mass is 16.5. The summed E-state index contributed by atoms with van der Waals surface area (Å²) in [6.45, 7) is 0.945. The molecule has 1 heterocycles. The van der Waals surface area contributed by atoms with E-state index < -0.39 is 5.97 Å². The Morgan fingerprint density at radius 3 is 2.71 bits per heavy atom. The summed E-state index contributed by atoms with van der Waals surface area (Å²) in [6, 6.07) is 5.50. The van der Waals surface area contributed by atoms with Crippen LogP contribution in [0.2, 0.25) is 0 Å². The molecule has 1 aliphatic heterocycles. The van der Waals surface area contributed by atoms with E-state index in [1.165, 1.54) is 4.90 Å². The van der Waals surface area contributed by atoms with Gasteiger partial charge in [-0.2, -0.15) is 0 Å². The Hall–Kier alpha value is -2.28. The summed E-state index contributed by atoms with van der Waals surface area (Å²) in [5.41, 5.74) is 0.904. The molecule has 0 radical (unpaired) electrons. The number of fused-ring (bicyclic) bond motifs is 1. The molecule has 1 atom stereocenters. The molecule has 0 fully saturated rings. The molecular formula is C17H24N2O5. The van der Waals surface area contributed by atoms with Crippen LogP contribution < -0.4 is 9.47 Å². The molecule has 0 spiro atoms. The average molecular weight is 336 g/mol. The van der Waals surface area contributed by atoms with Crippen LogP contribution >= 0.6 is 0 Å². The minimum Gasteiger partial charge on any atom is -0.497 e. The second-order valence-electron chi connectivity index (χ2n) is 6.14. The summed E-state index contributed by atoms with van der Waals surface area (Å²) < 4.78 is 10.9. The first kappa shape index (κ1) is 18.1. The molecule has 132 valence electrons. The van der Waals surface area contributed by atoms with Gasteiger partial charge in [-0.25, -0.2) is 0 Å². The highest BCUT2D eigenvalue weighted by Gasteiger charge is 2.30. The fourth-order valence-corrected chi connectivity index (χ4v) is 2.67. The zero-order valence-corrected chi connectivity index (χ0v) is 14.3. The predicted octanol–water partition coefficient (Wildman–Crippen LogP) is 0.721. The van der Waals surface area contributed by atoms with Crippen molar-refractivity contribution in [3.05, 3.63) is 23.8 Å². The van der Waals surface area contributed by atoms with Gasteiger partial charge in [0.15, 0.2) is 0 Å². The second-order valence-corrected chi connectivity index (χ2v) is 6.14. The van der Waals surface area contributed by atoms with Crippen molar-refractivity contribution in [3.8, 4) is 11.5 Å². The van der Waals surface area contributed by atoms with Crippen molar-refractivity contribution in [3.63, 3.8) is 0 Å². The molecule has 0 saturated heterocycles. The third-order valence-electron chi connectivity index (χ3n) is 3.98. The molecule has 1 amide bonds. The number of carbonyl (C=O) groups excluding carboxylic acids is 1. The van der Waals surface area contributed by atoms with Crippen molar-refractivity contribution in [2.75, 3.05) is 47.4 Å². The number of carbonyl (C=O) groups is 2. The predicted molar refractivity (Wildman–Crippen MR) is 88.5 cm³/mol. The van der Waals surface area contributed by atoms with Gasteiger partial charge in [0.2, 0.25) is 5.91 Å². The molecule has 0 unspecified atom stereocenters. The van der Waals surface area contributed by atoms with Gasteiger partial charge in [-0.05, 0) is 44.3 Å². The van der Waals surface area contributed by atoms with Crippen LogP contribution in [0.3, 0.4) is 0 Å². The van der Waals surface area contributed by atoms with Crippen molar-refractivity contribution in [2.24, 2.45) is 5.92 Å². The highest BCUT2D eigenvalue weighted by molar-refractivity contribution is 5.83. The van der Waals surface area contributed by atoms with Crippen molar-refractivity contribution in [1.82, 2.24) is 9.80 Å². The first-order chi connectivity index (χ1) is 11.4. The minimum atomic E-state index is -1.01. The van der Waals surface area contributed by atoms with Crippen LogP contribution in [-0.4, -0.2) is 74.2 Å². The summed E-state index contributed by atoms with van der Waals surface area (Å²) in [5, 5.41) is 9.07. The standard InChI is InChI=1S/C17H24N2O5/c1-18(2)6-7-19(10-16(20)21)17(22)13-8-12-9-14(23-3)4-5-15(12)24-11-13/h4-5,9,13H,6-8,10-11H2,1-3H3,(H,20,21)/t13-/m0/s1. The molecule has 2 rings (SSSR count). The average Bonchev–Trinajstić information content (AvgIpc) is 2.56. The van der Waals surface area contributed by atoms with E-state index in [-0.39, 0.29) is 25.0 Å². The number of nitrogens with zero attached hydrogens (tertiary/aromatic N) is 2. The Morgan fingerprint density at radius 2 is 2.08 bits per heavy atom. The lowest BCUT2D eigenvalue weighted by Gasteiger charge is -2.30. The molecule has 7 heteroatoms. The number of ether oxygens (including phenoxy) is 2. The summed E-state index contributed by atoms with van der Waals surface area (Å²) in [6.07, 6.45) is 0.517. The number of rotatable bonds is 7. The van der Waals surface area contributed by atoms with E-state index in [4.69, 9.17) is 14.6 Å². The lowest BCUT2D eigenvalue weighted by molar-refractivity contribution is -0.147. The maximum atomic E-state index is 12.7. The Labute approximate surface area is 141 Å². The molecule has 1 aliphatic rings. The van der Waals surface area contributed by atoms with Gasteiger partial charge in [0.05, 0.1) is 13.0 Å². The van der Waals surface area contributed by atoms with Gasteiger partial charge in [0, 0.05) is 13.1 Å². The molecular weight excluding hydrogens is 312 g/mol. The molecule has 0 aliphatic carbocycles. The van der Waals surface area contributed by atoms with E-state index in [0.29, 0.717) is 25.3 Å². The molecule has 0 saturated carbocycles. The number of benzene rings is 1. The van der Waals surface area contributed by atoms with Crippen LogP contribution in [0.15, 0.2) is 18.2 Å². The van der Waals surface area contributed by atoms with E-state index in [2.05, 4.69) is 0 Å². The quantitative estimate of drug-likeness (QED) is 0.790. The lowest BCUT2D eigenvalue weighted by atomic mass is 9.95. The van der Waals surface area contributed by atoms with Gasteiger partial charge in [0.1, 0.15) is 24.7 Å². The van der Waals surface area contributed by atoms with Crippen LogP contribution in [0.25, 0.3) is 0 Å². The summed E-state index contributed by atoms with van der Waals surface area (Å²) in [5.74, 6) is -0.127. The maximum Gasteiger partial charge on any atom is 0.323 e. The molecule has 0 aromatic heterocycles. The van der Waals surface area contributed by atoms with Gasteiger partial charge < -0.3 is 24.4 Å². The highest BCUT2D eigenvalue weighted by Crippen LogP contribution is 2.31. The van der Waals surface area contributed by atoms with Gasteiger partial charge in [-0.1, -0.05) is 0 Å². The summed E-state index contributed by atoms with van der Waals surface area (Å²) in [7, 11) is 5.36. The second kappa shape index (κ2) is 8.01. The fraction of sp³-hybridized carbons (Fsp3) is 0.529. The Bertz CT molecular complexity index is 603. The van der Waals surface area contributed by atoms with E-state index in [1.807, 2.05) is 37.2 Å². The number of methoxy groups -OCH3 is 1. The van der Waals surface area contributed by atoms with Gasteiger partial charge in [-0.3, -0.25) is 9.59 Å². The maximum absolute atomic E-state index is 12.7. The van der Waals surface area contributed by atoms with Crippen molar-refractivity contribution < 1.29 is 24.2 Å². The fourth-order valence-electron chi connectivity index (χ4n) is 2.67. The first-order valence-corrected chi connectivity index (χ1v) is 7.85. The first-order valence-electron chi connectivity index (χ1n) is 7.85. The molecule has 1 N–H and O–H groups in total. The van der Waals surface area contributed by atoms with E-state index in [9.17, 15) is 9.59 Å². The number of hydrogen-bond acceptors (Lipinski definition) is 5. The number of likely N-dealkylation sites (N-methyl/N-ethyl adjacent to an activating group) is 1. The Morgan fingerprint density at radius 1 is 1.33 bits per heavy atom. The molecule has 24 heavy (non-hydrogen) atoms. The normalized spacial score (nSPS) is 16.2. The van der Waals surface area contributed by atoms with Gasteiger partial charge in [-0.15, -0.1) is 0 Å². The third-order valence-corrected chi connectivity index (χ3v) is 3.98. The van der Waals surface area contributed by atoms with Crippen molar-refractivity contribution in [2.45, 2.75) is 6.42 Å². The van der Waals surface area contributed by atoms with E-state index >= 15 is 0 Å². The number of carboxylic acids is 1. The van der Waals surface area contributed by atoms with Crippen molar-refractivity contribution >= 4 is 11.9 Å². The third kappa shape index (κ3) is 4.61. The van der Waals surface area contributed by atoms with Crippen LogP contribution in [0.4, 0.5) is 0 Å². The Kier molecular flexibility index (Phi) is 6.03. The summed E-state index contributed by atoms with van der Waals surface area (Å²) in [4.78, 5) is 27.1. The largest absolute Gasteiger partial charge is 0.497 e. The van der Waals surface area contributed by atoms with Gasteiger partial charge >= 0.3 is 5.97 Å². The SMILES string of the molecule is COc1ccc2c(c1)C[C@H](C(=O)N(CCN(C)C)CC(=O)O)CO2. The number of hydrogen-bond donors (Lipinski definition) is 1. The van der Waals surface area contributed by atoms with Crippen molar-refractivity contribution in [1.29, 1.82) is 0 Å². The zero-order valence-electron chi connectivity index (χ0n) is 14.3. The minimum absolute atomic E-state index is 0.187. The summed E-state index contributed by atoms with van der Waals surface area (Å²) >= 11 is 0. The van der Waals surface area contributed by atoms with Crippen LogP contribution in [0, 0.1) is 5.92 Å². The number of carboxylic acid groups (broad SMARTS) is 1. The van der Waals surface area contributed by atoms with Crippen LogP contribution in [-0.2, 0) is 16.0 Å². The zero-order chi connectivity index (χ0) is 17.7. The lowest BCUT2D eigenvalue weighted by Crippen LogP contribution is -2.45.